The fourth-order valence-corrected chi connectivity index (χ4v) is 1.62. The Hall–Kier alpha value is -1.46. The van der Waals surface area contributed by atoms with Crippen LogP contribution in [0.1, 0.15) is 20.8 Å². The minimum atomic E-state index is -0.333. The number of piperazine rings is 1. The smallest absolute Gasteiger partial charge is 0.409 e. The van der Waals surface area contributed by atoms with Gasteiger partial charge in [0.15, 0.2) is 0 Å². The molecule has 1 aliphatic heterocycles. The van der Waals surface area contributed by atoms with E-state index in [2.05, 4.69) is 10.1 Å². The van der Waals surface area contributed by atoms with Crippen LogP contribution in [0.4, 0.5) is 9.59 Å². The Labute approximate surface area is 102 Å². The second kappa shape index (κ2) is 5.25. The van der Waals surface area contributed by atoms with Gasteiger partial charge in [0.05, 0.1) is 7.11 Å². The van der Waals surface area contributed by atoms with Gasteiger partial charge in [-0.15, -0.1) is 0 Å². The highest BCUT2D eigenvalue weighted by Gasteiger charge is 2.26. The minimum Gasteiger partial charge on any atom is -0.453 e. The van der Waals surface area contributed by atoms with Gasteiger partial charge in [-0.1, -0.05) is 0 Å². The first kappa shape index (κ1) is 13.6. The number of hydrogen-bond donors (Lipinski definition) is 1. The third-order valence-corrected chi connectivity index (χ3v) is 2.48. The zero-order valence-corrected chi connectivity index (χ0v) is 10.9. The minimum absolute atomic E-state index is 0.0815. The van der Waals surface area contributed by atoms with Crippen molar-refractivity contribution >= 4 is 12.1 Å². The topological polar surface area (TPSA) is 61.9 Å². The average molecular weight is 243 g/mol. The van der Waals surface area contributed by atoms with Gasteiger partial charge in [-0.2, -0.15) is 0 Å². The lowest BCUT2D eigenvalue weighted by atomic mass is 10.1. The molecule has 0 aromatic rings. The number of urea groups is 1. The van der Waals surface area contributed by atoms with Gasteiger partial charge in [0.25, 0.3) is 0 Å². The SMILES string of the molecule is COC(=O)N1CCN(C(=O)NC(C)(C)C)CC1. The molecule has 98 valence electrons. The lowest BCUT2D eigenvalue weighted by molar-refractivity contribution is 0.0958. The number of amides is 3. The highest BCUT2D eigenvalue weighted by molar-refractivity contribution is 5.75. The summed E-state index contributed by atoms with van der Waals surface area (Å²) < 4.78 is 4.63. The molecule has 6 nitrogen and oxygen atoms in total. The Morgan fingerprint density at radius 3 is 1.94 bits per heavy atom. The molecule has 0 saturated carbocycles. The van der Waals surface area contributed by atoms with Crippen molar-refractivity contribution in [3.8, 4) is 0 Å². The molecular formula is C11H21N3O3. The third kappa shape index (κ3) is 4.13. The van der Waals surface area contributed by atoms with Gasteiger partial charge in [-0.3, -0.25) is 0 Å². The Morgan fingerprint density at radius 1 is 1.06 bits per heavy atom. The van der Waals surface area contributed by atoms with E-state index in [1.807, 2.05) is 20.8 Å². The van der Waals surface area contributed by atoms with E-state index in [1.54, 1.807) is 9.80 Å². The predicted molar refractivity (Wildman–Crippen MR) is 63.8 cm³/mol. The zero-order chi connectivity index (χ0) is 13.1. The first-order valence-electron chi connectivity index (χ1n) is 5.73. The van der Waals surface area contributed by atoms with Crippen LogP contribution in [0.2, 0.25) is 0 Å². The van der Waals surface area contributed by atoms with E-state index >= 15 is 0 Å². The van der Waals surface area contributed by atoms with Gasteiger partial charge in [0.1, 0.15) is 0 Å². The predicted octanol–water partition coefficient (Wildman–Crippen LogP) is 0.878. The molecule has 0 radical (unpaired) electrons. The van der Waals surface area contributed by atoms with Crippen LogP contribution in [0.3, 0.4) is 0 Å². The summed E-state index contributed by atoms with van der Waals surface area (Å²) >= 11 is 0. The lowest BCUT2D eigenvalue weighted by Gasteiger charge is -2.35. The van der Waals surface area contributed by atoms with E-state index in [1.165, 1.54) is 7.11 Å². The molecule has 1 fully saturated rings. The van der Waals surface area contributed by atoms with Crippen molar-refractivity contribution in [1.82, 2.24) is 15.1 Å². The largest absolute Gasteiger partial charge is 0.453 e. The van der Waals surface area contributed by atoms with E-state index < -0.39 is 0 Å². The van der Waals surface area contributed by atoms with Gasteiger partial charge >= 0.3 is 12.1 Å². The molecule has 1 saturated heterocycles. The summed E-state index contributed by atoms with van der Waals surface area (Å²) in [6, 6.07) is -0.0815. The second-order valence-electron chi connectivity index (χ2n) is 5.12. The molecule has 3 amide bonds. The lowest BCUT2D eigenvalue weighted by Crippen LogP contribution is -2.55. The maximum absolute atomic E-state index is 11.8. The molecule has 6 heteroatoms. The molecule has 1 aliphatic rings. The third-order valence-electron chi connectivity index (χ3n) is 2.48. The average Bonchev–Trinajstić information content (AvgIpc) is 2.26. The highest BCUT2D eigenvalue weighted by atomic mass is 16.5. The standard InChI is InChI=1S/C11H21N3O3/c1-11(2,3)12-9(15)13-5-7-14(8-6-13)10(16)17-4/h5-8H2,1-4H3,(H,12,15). The van der Waals surface area contributed by atoms with E-state index in [9.17, 15) is 9.59 Å². The maximum atomic E-state index is 11.8. The van der Waals surface area contributed by atoms with E-state index in [4.69, 9.17) is 0 Å². The van der Waals surface area contributed by atoms with Crippen molar-refractivity contribution in [2.45, 2.75) is 26.3 Å². The summed E-state index contributed by atoms with van der Waals surface area (Å²) in [7, 11) is 1.36. The highest BCUT2D eigenvalue weighted by Crippen LogP contribution is 2.06. The number of rotatable bonds is 0. The number of ether oxygens (including phenoxy) is 1. The first-order valence-corrected chi connectivity index (χ1v) is 5.73. The molecule has 17 heavy (non-hydrogen) atoms. The molecule has 1 rings (SSSR count). The molecule has 1 N–H and O–H groups in total. The molecule has 0 aliphatic carbocycles. The fourth-order valence-electron chi connectivity index (χ4n) is 1.62. The second-order valence-corrected chi connectivity index (χ2v) is 5.12. The Morgan fingerprint density at radius 2 is 1.53 bits per heavy atom. The molecule has 1 heterocycles. The van der Waals surface area contributed by atoms with Gasteiger partial charge < -0.3 is 19.9 Å². The number of hydrogen-bond acceptors (Lipinski definition) is 3. The molecule has 0 atom stereocenters. The molecule has 0 aromatic carbocycles. The molecule has 0 unspecified atom stereocenters. The molecule has 0 spiro atoms. The van der Waals surface area contributed by atoms with Crippen LogP contribution in [-0.4, -0.2) is 60.8 Å². The van der Waals surface area contributed by atoms with Crippen LogP contribution in [0.5, 0.6) is 0 Å². The van der Waals surface area contributed by atoms with Gasteiger partial charge in [-0.25, -0.2) is 9.59 Å². The fraction of sp³-hybridized carbons (Fsp3) is 0.818. The van der Waals surface area contributed by atoms with E-state index in [0.717, 1.165) is 0 Å². The van der Waals surface area contributed by atoms with Crippen LogP contribution in [0.25, 0.3) is 0 Å². The monoisotopic (exact) mass is 243 g/mol. The van der Waals surface area contributed by atoms with Crippen LogP contribution in [0.15, 0.2) is 0 Å². The van der Waals surface area contributed by atoms with Crippen LogP contribution in [-0.2, 0) is 4.74 Å². The number of carbonyl (C=O) groups is 2. The van der Waals surface area contributed by atoms with Crippen molar-refractivity contribution in [3.05, 3.63) is 0 Å². The van der Waals surface area contributed by atoms with E-state index in [0.29, 0.717) is 26.2 Å². The zero-order valence-electron chi connectivity index (χ0n) is 10.9. The number of methoxy groups -OCH3 is 1. The van der Waals surface area contributed by atoms with Crippen molar-refractivity contribution < 1.29 is 14.3 Å². The van der Waals surface area contributed by atoms with Crippen LogP contribution in [0, 0.1) is 0 Å². The summed E-state index contributed by atoms with van der Waals surface area (Å²) in [4.78, 5) is 26.4. The molecule has 0 bridgehead atoms. The number of nitrogens with one attached hydrogen (secondary N) is 1. The van der Waals surface area contributed by atoms with Gasteiger partial charge in [0.2, 0.25) is 0 Å². The van der Waals surface area contributed by atoms with Gasteiger partial charge in [0, 0.05) is 31.7 Å². The van der Waals surface area contributed by atoms with Crippen molar-refractivity contribution in [3.63, 3.8) is 0 Å². The summed E-state index contributed by atoms with van der Waals surface area (Å²) in [5, 5.41) is 2.90. The van der Waals surface area contributed by atoms with Crippen LogP contribution < -0.4 is 5.32 Å². The summed E-state index contributed by atoms with van der Waals surface area (Å²) in [6.07, 6.45) is -0.333. The van der Waals surface area contributed by atoms with Crippen molar-refractivity contribution in [2.75, 3.05) is 33.3 Å². The maximum Gasteiger partial charge on any atom is 0.409 e. The normalized spacial score (nSPS) is 16.7. The summed E-state index contributed by atoms with van der Waals surface area (Å²) in [6.45, 7) is 7.93. The Balaban J connectivity index is 2.42. The molecule has 0 aromatic heterocycles. The summed E-state index contributed by atoms with van der Waals surface area (Å²) in [5.41, 5.74) is -0.240. The number of carbonyl (C=O) groups excluding carboxylic acids is 2. The van der Waals surface area contributed by atoms with Crippen molar-refractivity contribution in [2.24, 2.45) is 0 Å². The van der Waals surface area contributed by atoms with E-state index in [-0.39, 0.29) is 17.7 Å². The van der Waals surface area contributed by atoms with Crippen molar-refractivity contribution in [1.29, 1.82) is 0 Å². The quantitative estimate of drug-likeness (QED) is 0.687. The van der Waals surface area contributed by atoms with Gasteiger partial charge in [-0.05, 0) is 20.8 Å². The molecular weight excluding hydrogens is 222 g/mol. The van der Waals surface area contributed by atoms with Crippen LogP contribution >= 0.6 is 0 Å². The summed E-state index contributed by atoms with van der Waals surface area (Å²) in [5.74, 6) is 0. The number of nitrogens with zero attached hydrogens (tertiary/aromatic N) is 2. The first-order chi connectivity index (χ1) is 7.83. The Kier molecular flexibility index (Phi) is 4.20. The Bertz CT molecular complexity index is 291.